The molecule has 1 aromatic rings. The Morgan fingerprint density at radius 2 is 2.26 bits per heavy atom. The van der Waals surface area contributed by atoms with Crippen LogP contribution in [0.5, 0.6) is 0 Å². The van der Waals surface area contributed by atoms with Gasteiger partial charge >= 0.3 is 0 Å². The maximum atomic E-state index is 13.3. The maximum Gasteiger partial charge on any atom is 0.241 e. The number of nitrogens with one attached hydrogen (secondary N) is 1. The van der Waals surface area contributed by atoms with E-state index in [-0.39, 0.29) is 23.9 Å². The SMILES string of the molecule is CCC1NC(c2cccc(F)c2)N(CCOC)C1=O. The number of halogens is 1. The van der Waals surface area contributed by atoms with Crippen LogP contribution in [0.1, 0.15) is 25.1 Å². The van der Waals surface area contributed by atoms with E-state index in [4.69, 9.17) is 4.74 Å². The van der Waals surface area contributed by atoms with E-state index in [9.17, 15) is 9.18 Å². The molecule has 2 rings (SSSR count). The molecule has 0 bridgehead atoms. The highest BCUT2D eigenvalue weighted by molar-refractivity contribution is 5.84. The zero-order valence-corrected chi connectivity index (χ0v) is 11.2. The van der Waals surface area contributed by atoms with Gasteiger partial charge in [0.05, 0.1) is 12.6 Å². The van der Waals surface area contributed by atoms with Crippen LogP contribution in [0, 0.1) is 5.82 Å². The Bertz CT molecular complexity index is 453. The predicted octanol–water partition coefficient (Wildman–Crippen LogP) is 1.68. The van der Waals surface area contributed by atoms with Gasteiger partial charge < -0.3 is 9.64 Å². The molecule has 0 saturated carbocycles. The number of amides is 1. The lowest BCUT2D eigenvalue weighted by Crippen LogP contribution is -2.33. The number of hydrogen-bond donors (Lipinski definition) is 1. The normalized spacial score (nSPS) is 23.1. The topological polar surface area (TPSA) is 41.6 Å². The molecule has 1 saturated heterocycles. The van der Waals surface area contributed by atoms with Gasteiger partial charge in [-0.2, -0.15) is 0 Å². The van der Waals surface area contributed by atoms with Gasteiger partial charge in [-0.3, -0.25) is 10.1 Å². The van der Waals surface area contributed by atoms with Crippen LogP contribution in [0.15, 0.2) is 24.3 Å². The summed E-state index contributed by atoms with van der Waals surface area (Å²) in [6, 6.07) is 6.14. The molecule has 19 heavy (non-hydrogen) atoms. The molecule has 1 N–H and O–H groups in total. The van der Waals surface area contributed by atoms with Crippen molar-refractivity contribution >= 4 is 5.91 Å². The number of nitrogens with zero attached hydrogens (tertiary/aromatic N) is 1. The number of carbonyl (C=O) groups is 1. The fourth-order valence-corrected chi connectivity index (χ4v) is 2.35. The molecule has 1 fully saturated rings. The Kier molecular flexibility index (Phi) is 4.50. The van der Waals surface area contributed by atoms with E-state index in [0.717, 1.165) is 5.56 Å². The molecule has 2 atom stereocenters. The van der Waals surface area contributed by atoms with Crippen LogP contribution in [0.4, 0.5) is 4.39 Å². The summed E-state index contributed by atoms with van der Waals surface area (Å²) in [7, 11) is 1.60. The third-order valence-electron chi connectivity index (χ3n) is 3.36. The quantitative estimate of drug-likeness (QED) is 0.881. The minimum atomic E-state index is -0.293. The number of benzene rings is 1. The third-order valence-corrected chi connectivity index (χ3v) is 3.36. The Balaban J connectivity index is 2.23. The van der Waals surface area contributed by atoms with E-state index in [1.54, 1.807) is 18.1 Å². The molecule has 0 aromatic heterocycles. The van der Waals surface area contributed by atoms with Crippen LogP contribution in [-0.2, 0) is 9.53 Å². The standard InChI is InChI=1S/C14H19FN2O2/c1-3-12-14(18)17(7-8-19-2)13(16-12)10-5-4-6-11(15)9-10/h4-6,9,12-13,16H,3,7-8H2,1-2H3. The van der Waals surface area contributed by atoms with Gasteiger partial charge in [0.1, 0.15) is 12.0 Å². The minimum absolute atomic E-state index is 0.0498. The van der Waals surface area contributed by atoms with Crippen molar-refractivity contribution in [3.63, 3.8) is 0 Å². The summed E-state index contributed by atoms with van der Waals surface area (Å²) in [5.74, 6) is -0.243. The average molecular weight is 266 g/mol. The van der Waals surface area contributed by atoms with Crippen molar-refractivity contribution in [1.82, 2.24) is 10.2 Å². The van der Waals surface area contributed by atoms with Crippen molar-refractivity contribution in [2.75, 3.05) is 20.3 Å². The van der Waals surface area contributed by atoms with Gasteiger partial charge in [-0.1, -0.05) is 19.1 Å². The first kappa shape index (κ1) is 14.0. The molecule has 0 aliphatic carbocycles. The zero-order valence-electron chi connectivity index (χ0n) is 11.2. The van der Waals surface area contributed by atoms with Crippen LogP contribution >= 0.6 is 0 Å². The second-order valence-corrected chi connectivity index (χ2v) is 4.61. The summed E-state index contributed by atoms with van der Waals surface area (Å²) in [5.41, 5.74) is 0.764. The van der Waals surface area contributed by atoms with Gasteiger partial charge in [-0.15, -0.1) is 0 Å². The predicted molar refractivity (Wildman–Crippen MR) is 69.9 cm³/mol. The first-order valence-corrected chi connectivity index (χ1v) is 6.48. The highest BCUT2D eigenvalue weighted by Crippen LogP contribution is 2.26. The van der Waals surface area contributed by atoms with Crippen molar-refractivity contribution in [3.8, 4) is 0 Å². The minimum Gasteiger partial charge on any atom is -0.383 e. The fourth-order valence-electron chi connectivity index (χ4n) is 2.35. The maximum absolute atomic E-state index is 13.3. The summed E-state index contributed by atoms with van der Waals surface area (Å²) in [6.45, 7) is 2.92. The van der Waals surface area contributed by atoms with E-state index in [1.807, 2.05) is 13.0 Å². The van der Waals surface area contributed by atoms with Crippen molar-refractivity contribution in [2.24, 2.45) is 0 Å². The van der Waals surface area contributed by atoms with Gasteiger partial charge in [0.25, 0.3) is 0 Å². The number of ether oxygens (including phenoxy) is 1. The summed E-state index contributed by atoms with van der Waals surface area (Å²) in [5, 5.41) is 3.25. The Morgan fingerprint density at radius 3 is 2.89 bits per heavy atom. The van der Waals surface area contributed by atoms with Crippen molar-refractivity contribution in [2.45, 2.75) is 25.6 Å². The van der Waals surface area contributed by atoms with Crippen LogP contribution in [0.2, 0.25) is 0 Å². The average Bonchev–Trinajstić information content (AvgIpc) is 2.73. The molecule has 0 radical (unpaired) electrons. The van der Waals surface area contributed by atoms with Crippen molar-refractivity contribution < 1.29 is 13.9 Å². The lowest BCUT2D eigenvalue weighted by atomic mass is 10.1. The Labute approximate surface area is 112 Å². The lowest BCUT2D eigenvalue weighted by Gasteiger charge is -2.24. The lowest BCUT2D eigenvalue weighted by molar-refractivity contribution is -0.130. The summed E-state index contributed by atoms with van der Waals surface area (Å²) in [4.78, 5) is 13.9. The molecular weight excluding hydrogens is 247 g/mol. The van der Waals surface area contributed by atoms with Crippen molar-refractivity contribution in [1.29, 1.82) is 0 Å². The van der Waals surface area contributed by atoms with Crippen LogP contribution in [0.25, 0.3) is 0 Å². The van der Waals surface area contributed by atoms with Crippen LogP contribution in [-0.4, -0.2) is 37.1 Å². The fraction of sp³-hybridized carbons (Fsp3) is 0.500. The first-order valence-electron chi connectivity index (χ1n) is 6.48. The second-order valence-electron chi connectivity index (χ2n) is 4.61. The molecule has 1 amide bonds. The van der Waals surface area contributed by atoms with Gasteiger partial charge in [0.15, 0.2) is 0 Å². The number of carbonyl (C=O) groups excluding carboxylic acids is 1. The highest BCUT2D eigenvalue weighted by atomic mass is 19.1. The smallest absolute Gasteiger partial charge is 0.241 e. The highest BCUT2D eigenvalue weighted by Gasteiger charge is 2.38. The first-order chi connectivity index (χ1) is 9.17. The van der Waals surface area contributed by atoms with E-state index in [0.29, 0.717) is 19.6 Å². The van der Waals surface area contributed by atoms with E-state index >= 15 is 0 Å². The van der Waals surface area contributed by atoms with E-state index in [1.165, 1.54) is 12.1 Å². The van der Waals surface area contributed by atoms with Crippen LogP contribution < -0.4 is 5.32 Å². The Morgan fingerprint density at radius 1 is 1.47 bits per heavy atom. The number of rotatable bonds is 5. The van der Waals surface area contributed by atoms with Gasteiger partial charge in [-0.25, -0.2) is 4.39 Å². The molecule has 1 aliphatic heterocycles. The van der Waals surface area contributed by atoms with Gasteiger partial charge in [-0.05, 0) is 24.1 Å². The summed E-state index contributed by atoms with van der Waals surface area (Å²) in [6.07, 6.45) is 0.442. The molecule has 2 unspecified atom stereocenters. The summed E-state index contributed by atoms with van der Waals surface area (Å²) >= 11 is 0. The van der Waals surface area contributed by atoms with Gasteiger partial charge in [0, 0.05) is 13.7 Å². The van der Waals surface area contributed by atoms with Crippen molar-refractivity contribution in [3.05, 3.63) is 35.6 Å². The van der Waals surface area contributed by atoms with Crippen LogP contribution in [0.3, 0.4) is 0 Å². The second kappa shape index (κ2) is 6.12. The molecule has 1 aromatic carbocycles. The summed E-state index contributed by atoms with van der Waals surface area (Å²) < 4.78 is 18.4. The zero-order chi connectivity index (χ0) is 13.8. The molecule has 1 aliphatic rings. The van der Waals surface area contributed by atoms with E-state index < -0.39 is 0 Å². The molecule has 5 heteroatoms. The monoisotopic (exact) mass is 266 g/mol. The molecule has 1 heterocycles. The molecular formula is C14H19FN2O2. The Hall–Kier alpha value is -1.46. The number of methoxy groups -OCH3 is 1. The number of hydrogen-bond acceptors (Lipinski definition) is 3. The third kappa shape index (κ3) is 2.93. The van der Waals surface area contributed by atoms with E-state index in [2.05, 4.69) is 5.32 Å². The molecule has 0 spiro atoms. The largest absolute Gasteiger partial charge is 0.383 e. The molecule has 4 nitrogen and oxygen atoms in total. The van der Waals surface area contributed by atoms with Gasteiger partial charge in [0.2, 0.25) is 5.91 Å². The molecule has 104 valence electrons.